The minimum Gasteiger partial charge on any atom is -0.497 e. The van der Waals surface area contributed by atoms with Gasteiger partial charge in [0.05, 0.1) is 13.7 Å². The third-order valence-electron chi connectivity index (χ3n) is 4.63. The van der Waals surface area contributed by atoms with E-state index < -0.39 is 12.3 Å². The van der Waals surface area contributed by atoms with Gasteiger partial charge in [-0.2, -0.15) is 0 Å². The van der Waals surface area contributed by atoms with Crippen LogP contribution in [0.3, 0.4) is 0 Å². The molecule has 1 unspecified atom stereocenters. The van der Waals surface area contributed by atoms with Crippen molar-refractivity contribution in [2.24, 2.45) is 0 Å². The average Bonchev–Trinajstić information content (AvgIpc) is 3.04. The minimum atomic E-state index is -0.781. The first-order valence-corrected chi connectivity index (χ1v) is 8.83. The third kappa shape index (κ3) is 4.16. The summed E-state index contributed by atoms with van der Waals surface area (Å²) < 4.78 is 15.2. The summed E-state index contributed by atoms with van der Waals surface area (Å²) in [5.74, 6) is 0.774. The summed E-state index contributed by atoms with van der Waals surface area (Å²) in [6, 6.07) is 5.95. The van der Waals surface area contributed by atoms with Crippen molar-refractivity contribution in [2.45, 2.75) is 25.9 Å². The standard InChI is InChI=1S/C19H24N2O5/c1-3-25-19(23)26-18-12-21(9-7-17(18)22)8-6-13-11-20-16-5-4-14(24-2)10-15(13)16/h4-5,10-11,18,20H,3,6-9,12H2,1-2H3. The zero-order chi connectivity index (χ0) is 18.5. The monoisotopic (exact) mass is 360 g/mol. The fourth-order valence-corrected chi connectivity index (χ4v) is 3.20. The molecule has 1 saturated heterocycles. The van der Waals surface area contributed by atoms with E-state index in [1.165, 1.54) is 5.56 Å². The smallest absolute Gasteiger partial charge is 0.497 e. The molecule has 7 heteroatoms. The highest BCUT2D eigenvalue weighted by atomic mass is 16.7. The van der Waals surface area contributed by atoms with Gasteiger partial charge in [0.25, 0.3) is 0 Å². The number of aromatic nitrogens is 1. The summed E-state index contributed by atoms with van der Waals surface area (Å²) >= 11 is 0. The highest BCUT2D eigenvalue weighted by Crippen LogP contribution is 2.24. The Bertz CT molecular complexity index is 785. The van der Waals surface area contributed by atoms with Gasteiger partial charge in [0.2, 0.25) is 0 Å². The molecule has 140 valence electrons. The van der Waals surface area contributed by atoms with Crippen molar-refractivity contribution >= 4 is 22.8 Å². The fourth-order valence-electron chi connectivity index (χ4n) is 3.20. The first-order chi connectivity index (χ1) is 12.6. The van der Waals surface area contributed by atoms with Crippen molar-refractivity contribution in [1.29, 1.82) is 0 Å². The van der Waals surface area contributed by atoms with E-state index >= 15 is 0 Å². The molecule has 0 aliphatic carbocycles. The minimum absolute atomic E-state index is 0.0499. The molecule has 3 rings (SSSR count). The van der Waals surface area contributed by atoms with E-state index in [1.807, 2.05) is 24.4 Å². The van der Waals surface area contributed by atoms with Crippen molar-refractivity contribution < 1.29 is 23.8 Å². The Morgan fingerprint density at radius 1 is 1.38 bits per heavy atom. The van der Waals surface area contributed by atoms with Crippen LogP contribution in [0, 0.1) is 0 Å². The fraction of sp³-hybridized carbons (Fsp3) is 0.474. The first-order valence-electron chi connectivity index (χ1n) is 8.83. The number of rotatable bonds is 6. The largest absolute Gasteiger partial charge is 0.509 e. The highest BCUT2D eigenvalue weighted by Gasteiger charge is 2.30. The molecule has 1 aromatic heterocycles. The predicted molar refractivity (Wildman–Crippen MR) is 96.5 cm³/mol. The number of H-pyrrole nitrogens is 1. The number of nitrogens with zero attached hydrogens (tertiary/aromatic N) is 1. The zero-order valence-corrected chi connectivity index (χ0v) is 15.1. The van der Waals surface area contributed by atoms with Gasteiger partial charge in [-0.05, 0) is 37.1 Å². The molecule has 1 aliphatic rings. The van der Waals surface area contributed by atoms with Gasteiger partial charge in [0.1, 0.15) is 5.75 Å². The maximum Gasteiger partial charge on any atom is 0.509 e. The molecule has 1 fully saturated rings. The van der Waals surface area contributed by atoms with Crippen molar-refractivity contribution in [3.05, 3.63) is 30.0 Å². The summed E-state index contributed by atoms with van der Waals surface area (Å²) in [6.45, 7) is 3.79. The Balaban J connectivity index is 1.61. The van der Waals surface area contributed by atoms with Gasteiger partial charge in [0.15, 0.2) is 11.9 Å². The number of carbonyl (C=O) groups is 2. The van der Waals surface area contributed by atoms with E-state index in [-0.39, 0.29) is 12.4 Å². The normalized spacial score (nSPS) is 18.1. The molecule has 1 atom stereocenters. The van der Waals surface area contributed by atoms with E-state index in [2.05, 4.69) is 9.88 Å². The Hall–Kier alpha value is -2.54. The van der Waals surface area contributed by atoms with Crippen molar-refractivity contribution in [1.82, 2.24) is 9.88 Å². The summed E-state index contributed by atoms with van der Waals surface area (Å²) in [5, 5.41) is 1.14. The van der Waals surface area contributed by atoms with E-state index in [4.69, 9.17) is 14.2 Å². The van der Waals surface area contributed by atoms with Gasteiger partial charge < -0.3 is 19.2 Å². The van der Waals surface area contributed by atoms with Crippen molar-refractivity contribution in [3.63, 3.8) is 0 Å². The van der Waals surface area contributed by atoms with Gasteiger partial charge in [-0.25, -0.2) is 4.79 Å². The Morgan fingerprint density at radius 2 is 2.23 bits per heavy atom. The van der Waals surface area contributed by atoms with Crippen LogP contribution in [-0.2, 0) is 20.7 Å². The molecular weight excluding hydrogens is 336 g/mol. The molecule has 7 nitrogen and oxygen atoms in total. The summed E-state index contributed by atoms with van der Waals surface area (Å²) in [7, 11) is 1.65. The number of hydrogen-bond donors (Lipinski definition) is 1. The number of piperidine rings is 1. The SMILES string of the molecule is CCOC(=O)OC1CN(CCc2c[nH]c3ccc(OC)cc23)CCC1=O. The number of nitrogens with one attached hydrogen (secondary N) is 1. The van der Waals surface area contributed by atoms with Crippen LogP contribution in [0.1, 0.15) is 18.9 Å². The van der Waals surface area contributed by atoms with E-state index in [0.29, 0.717) is 19.5 Å². The quantitative estimate of drug-likeness (QED) is 0.798. The van der Waals surface area contributed by atoms with E-state index in [9.17, 15) is 9.59 Å². The number of ketones is 1. The molecule has 26 heavy (non-hydrogen) atoms. The number of fused-ring (bicyclic) bond motifs is 1. The molecule has 0 spiro atoms. The van der Waals surface area contributed by atoms with Crippen LogP contribution in [0.4, 0.5) is 4.79 Å². The topological polar surface area (TPSA) is 80.9 Å². The van der Waals surface area contributed by atoms with Gasteiger partial charge in [-0.15, -0.1) is 0 Å². The number of methoxy groups -OCH3 is 1. The van der Waals surface area contributed by atoms with Gasteiger partial charge in [-0.1, -0.05) is 0 Å². The molecule has 1 N–H and O–H groups in total. The van der Waals surface area contributed by atoms with Crippen LogP contribution in [0.5, 0.6) is 5.75 Å². The van der Waals surface area contributed by atoms with Crippen LogP contribution < -0.4 is 4.74 Å². The van der Waals surface area contributed by atoms with Crippen molar-refractivity contribution in [2.75, 3.05) is 33.4 Å². The first kappa shape index (κ1) is 18.3. The molecule has 0 radical (unpaired) electrons. The molecule has 2 aromatic rings. The van der Waals surface area contributed by atoms with Crippen molar-refractivity contribution in [3.8, 4) is 5.75 Å². The second kappa shape index (κ2) is 8.23. The summed E-state index contributed by atoms with van der Waals surface area (Å²) in [6.07, 6.45) is 1.69. The van der Waals surface area contributed by atoms with Gasteiger partial charge in [0, 0.05) is 43.2 Å². The van der Waals surface area contributed by atoms with Crippen LogP contribution in [0.2, 0.25) is 0 Å². The number of ether oxygens (including phenoxy) is 3. The van der Waals surface area contributed by atoms with Gasteiger partial charge >= 0.3 is 6.16 Å². The Kier molecular flexibility index (Phi) is 5.78. The maximum atomic E-state index is 12.0. The lowest BCUT2D eigenvalue weighted by Gasteiger charge is -2.30. The predicted octanol–water partition coefficient (Wildman–Crippen LogP) is 2.54. The molecule has 0 saturated carbocycles. The molecule has 0 bridgehead atoms. The summed E-state index contributed by atoms with van der Waals surface area (Å²) in [4.78, 5) is 28.9. The lowest BCUT2D eigenvalue weighted by atomic mass is 10.0. The number of carbonyl (C=O) groups excluding carboxylic acids is 2. The van der Waals surface area contributed by atoms with Gasteiger partial charge in [-0.3, -0.25) is 9.69 Å². The zero-order valence-electron chi connectivity index (χ0n) is 15.1. The lowest BCUT2D eigenvalue weighted by molar-refractivity contribution is -0.133. The highest BCUT2D eigenvalue weighted by molar-refractivity contribution is 5.86. The number of hydrogen-bond acceptors (Lipinski definition) is 6. The number of benzene rings is 1. The molecule has 1 aliphatic heterocycles. The number of likely N-dealkylation sites (tertiary alicyclic amines) is 1. The maximum absolute atomic E-state index is 12.0. The second-order valence-electron chi connectivity index (χ2n) is 6.28. The molecule has 2 heterocycles. The van der Waals surface area contributed by atoms with Crippen LogP contribution in [-0.4, -0.2) is 61.3 Å². The van der Waals surface area contributed by atoms with Crippen LogP contribution in [0.15, 0.2) is 24.4 Å². The molecule has 1 aromatic carbocycles. The van der Waals surface area contributed by atoms with Crippen LogP contribution in [0.25, 0.3) is 10.9 Å². The Morgan fingerprint density at radius 3 is 3.00 bits per heavy atom. The molecule has 0 amide bonds. The van der Waals surface area contributed by atoms with E-state index in [1.54, 1.807) is 14.0 Å². The molecular formula is C19H24N2O5. The lowest BCUT2D eigenvalue weighted by Crippen LogP contribution is -2.47. The third-order valence-corrected chi connectivity index (χ3v) is 4.63. The summed E-state index contributed by atoms with van der Waals surface area (Å²) in [5.41, 5.74) is 2.26. The average molecular weight is 360 g/mol. The Labute approximate surface area is 152 Å². The second-order valence-corrected chi connectivity index (χ2v) is 6.28. The number of aromatic amines is 1. The number of Topliss-reactive ketones (excluding diaryl/α,β-unsaturated/α-hetero) is 1. The van der Waals surface area contributed by atoms with Crippen LogP contribution >= 0.6 is 0 Å². The van der Waals surface area contributed by atoms with E-state index in [0.717, 1.165) is 29.6 Å².